The van der Waals surface area contributed by atoms with Gasteiger partial charge in [-0.15, -0.1) is 0 Å². The summed E-state index contributed by atoms with van der Waals surface area (Å²) in [6.07, 6.45) is 1.93. The highest BCUT2D eigenvalue weighted by Crippen LogP contribution is 2.29. The molecule has 1 fully saturated rings. The van der Waals surface area contributed by atoms with Crippen molar-refractivity contribution >= 4 is 6.03 Å². The Labute approximate surface area is 131 Å². The molecule has 1 aliphatic rings. The summed E-state index contributed by atoms with van der Waals surface area (Å²) in [6.45, 7) is 3.27. The Morgan fingerprint density at radius 3 is 2.82 bits per heavy atom. The predicted octanol–water partition coefficient (Wildman–Crippen LogP) is 2.24. The highest BCUT2D eigenvalue weighted by atomic mass is 16.5. The van der Waals surface area contributed by atoms with Gasteiger partial charge >= 0.3 is 6.03 Å². The summed E-state index contributed by atoms with van der Waals surface area (Å²) < 4.78 is 15.9. The zero-order valence-electron chi connectivity index (χ0n) is 13.3. The van der Waals surface area contributed by atoms with E-state index in [-0.39, 0.29) is 18.1 Å². The van der Waals surface area contributed by atoms with Crippen LogP contribution >= 0.6 is 0 Å². The SMILES string of the molecule is COc1ccc([C@@H](C)NC(=O)N[C@@H]2CCCOC2)c(OC)c1. The summed E-state index contributed by atoms with van der Waals surface area (Å²) in [5.41, 5.74) is 0.901. The first-order chi connectivity index (χ1) is 10.6. The fourth-order valence-corrected chi connectivity index (χ4v) is 2.53. The van der Waals surface area contributed by atoms with Gasteiger partial charge in [-0.3, -0.25) is 0 Å². The summed E-state index contributed by atoms with van der Waals surface area (Å²) in [7, 11) is 3.21. The van der Waals surface area contributed by atoms with Crippen molar-refractivity contribution in [1.29, 1.82) is 0 Å². The van der Waals surface area contributed by atoms with Crippen LogP contribution in [0.1, 0.15) is 31.4 Å². The number of benzene rings is 1. The number of carbonyl (C=O) groups excluding carboxylic acids is 1. The Morgan fingerprint density at radius 1 is 1.36 bits per heavy atom. The van der Waals surface area contributed by atoms with Gasteiger partial charge in [0.05, 0.1) is 32.9 Å². The molecule has 22 heavy (non-hydrogen) atoms. The monoisotopic (exact) mass is 308 g/mol. The average Bonchev–Trinajstić information content (AvgIpc) is 2.54. The third-order valence-corrected chi connectivity index (χ3v) is 3.75. The highest BCUT2D eigenvalue weighted by molar-refractivity contribution is 5.75. The topological polar surface area (TPSA) is 68.8 Å². The minimum Gasteiger partial charge on any atom is -0.497 e. The molecule has 2 rings (SSSR count). The lowest BCUT2D eigenvalue weighted by atomic mass is 10.1. The van der Waals surface area contributed by atoms with E-state index in [2.05, 4.69) is 10.6 Å². The maximum atomic E-state index is 12.1. The summed E-state index contributed by atoms with van der Waals surface area (Å²) in [4.78, 5) is 12.1. The number of methoxy groups -OCH3 is 2. The van der Waals surface area contributed by atoms with E-state index in [1.807, 2.05) is 19.1 Å². The summed E-state index contributed by atoms with van der Waals surface area (Å²) in [5.74, 6) is 1.41. The smallest absolute Gasteiger partial charge is 0.315 e. The van der Waals surface area contributed by atoms with Crippen LogP contribution in [0, 0.1) is 0 Å². The van der Waals surface area contributed by atoms with Crippen molar-refractivity contribution in [2.75, 3.05) is 27.4 Å². The van der Waals surface area contributed by atoms with Crippen LogP contribution in [-0.2, 0) is 4.74 Å². The Kier molecular flexibility index (Phi) is 5.89. The van der Waals surface area contributed by atoms with Gasteiger partial charge in [0.1, 0.15) is 11.5 Å². The Morgan fingerprint density at radius 2 is 2.18 bits per heavy atom. The van der Waals surface area contributed by atoms with E-state index in [4.69, 9.17) is 14.2 Å². The summed E-state index contributed by atoms with van der Waals surface area (Å²) in [5, 5.41) is 5.87. The van der Waals surface area contributed by atoms with Crippen LogP contribution in [0.2, 0.25) is 0 Å². The second-order valence-electron chi connectivity index (χ2n) is 5.36. The average molecular weight is 308 g/mol. The van der Waals surface area contributed by atoms with Crippen molar-refractivity contribution < 1.29 is 19.0 Å². The van der Waals surface area contributed by atoms with Crippen LogP contribution in [0.25, 0.3) is 0 Å². The molecule has 2 N–H and O–H groups in total. The molecule has 0 aliphatic carbocycles. The van der Waals surface area contributed by atoms with Gasteiger partial charge in [0.2, 0.25) is 0 Å². The van der Waals surface area contributed by atoms with Gasteiger partial charge in [-0.2, -0.15) is 0 Å². The van der Waals surface area contributed by atoms with E-state index in [1.54, 1.807) is 20.3 Å². The second kappa shape index (κ2) is 7.89. The van der Waals surface area contributed by atoms with Crippen molar-refractivity contribution in [3.8, 4) is 11.5 Å². The Bertz CT molecular complexity index is 501. The van der Waals surface area contributed by atoms with E-state index in [0.29, 0.717) is 12.4 Å². The molecular weight excluding hydrogens is 284 g/mol. The number of urea groups is 1. The summed E-state index contributed by atoms with van der Waals surface area (Å²) in [6, 6.07) is 5.26. The lowest BCUT2D eigenvalue weighted by Crippen LogP contribution is -2.46. The first-order valence-corrected chi connectivity index (χ1v) is 7.50. The Hall–Kier alpha value is -1.95. The van der Waals surface area contributed by atoms with Gasteiger partial charge < -0.3 is 24.8 Å². The maximum absolute atomic E-state index is 12.1. The quantitative estimate of drug-likeness (QED) is 0.875. The van der Waals surface area contributed by atoms with Gasteiger partial charge in [-0.05, 0) is 31.9 Å². The lowest BCUT2D eigenvalue weighted by Gasteiger charge is -2.25. The molecule has 2 amide bonds. The largest absolute Gasteiger partial charge is 0.497 e. The number of nitrogens with one attached hydrogen (secondary N) is 2. The standard InChI is InChI=1S/C16H24N2O4/c1-11(14-7-6-13(20-2)9-15(14)21-3)17-16(19)18-12-5-4-8-22-10-12/h6-7,9,11-12H,4-5,8,10H2,1-3H3,(H2,17,18,19)/t11-,12-/m1/s1. The van der Waals surface area contributed by atoms with Crippen LogP contribution in [0.5, 0.6) is 11.5 Å². The third-order valence-electron chi connectivity index (χ3n) is 3.75. The third kappa shape index (κ3) is 4.27. The molecule has 0 saturated carbocycles. The van der Waals surface area contributed by atoms with Gasteiger partial charge in [-0.1, -0.05) is 0 Å². The normalized spacial score (nSPS) is 19.1. The second-order valence-corrected chi connectivity index (χ2v) is 5.36. The maximum Gasteiger partial charge on any atom is 0.315 e. The number of ether oxygens (including phenoxy) is 3. The van der Waals surface area contributed by atoms with Gasteiger partial charge in [-0.25, -0.2) is 4.79 Å². The predicted molar refractivity (Wildman–Crippen MR) is 83.5 cm³/mol. The molecule has 0 radical (unpaired) electrons. The van der Waals surface area contributed by atoms with Crippen molar-refractivity contribution in [2.24, 2.45) is 0 Å². The van der Waals surface area contributed by atoms with E-state index in [0.717, 1.165) is 30.8 Å². The molecule has 1 saturated heterocycles. The Balaban J connectivity index is 1.95. The van der Waals surface area contributed by atoms with Crippen molar-refractivity contribution in [3.05, 3.63) is 23.8 Å². The zero-order valence-corrected chi connectivity index (χ0v) is 13.3. The fourth-order valence-electron chi connectivity index (χ4n) is 2.53. The molecule has 2 atom stereocenters. The number of carbonyl (C=O) groups is 1. The molecule has 6 heteroatoms. The van der Waals surface area contributed by atoms with Crippen LogP contribution in [0.3, 0.4) is 0 Å². The summed E-state index contributed by atoms with van der Waals surface area (Å²) >= 11 is 0. The zero-order chi connectivity index (χ0) is 15.9. The number of hydrogen-bond donors (Lipinski definition) is 2. The number of rotatable bonds is 5. The van der Waals surface area contributed by atoms with Gasteiger partial charge in [0, 0.05) is 18.2 Å². The first-order valence-electron chi connectivity index (χ1n) is 7.50. The van der Waals surface area contributed by atoms with Crippen LogP contribution in [0.4, 0.5) is 4.79 Å². The molecule has 1 aliphatic heterocycles. The first kappa shape index (κ1) is 16.4. The molecule has 0 aromatic heterocycles. The molecule has 0 bridgehead atoms. The molecule has 1 aromatic rings. The molecule has 1 heterocycles. The van der Waals surface area contributed by atoms with E-state index < -0.39 is 0 Å². The van der Waals surface area contributed by atoms with Crippen molar-refractivity contribution in [3.63, 3.8) is 0 Å². The van der Waals surface area contributed by atoms with Crippen LogP contribution < -0.4 is 20.1 Å². The van der Waals surface area contributed by atoms with Crippen LogP contribution in [0.15, 0.2) is 18.2 Å². The van der Waals surface area contributed by atoms with Gasteiger partial charge in [0.15, 0.2) is 0 Å². The van der Waals surface area contributed by atoms with Crippen molar-refractivity contribution in [2.45, 2.75) is 31.8 Å². The van der Waals surface area contributed by atoms with E-state index in [9.17, 15) is 4.79 Å². The molecule has 1 aromatic carbocycles. The van der Waals surface area contributed by atoms with Crippen LogP contribution in [-0.4, -0.2) is 39.5 Å². The minimum atomic E-state index is -0.194. The lowest BCUT2D eigenvalue weighted by molar-refractivity contribution is 0.0730. The molecule has 0 unspecified atom stereocenters. The van der Waals surface area contributed by atoms with Crippen molar-refractivity contribution in [1.82, 2.24) is 10.6 Å². The highest BCUT2D eigenvalue weighted by Gasteiger charge is 2.19. The van der Waals surface area contributed by atoms with E-state index in [1.165, 1.54) is 0 Å². The minimum absolute atomic E-state index is 0.0821. The fraction of sp³-hybridized carbons (Fsp3) is 0.562. The van der Waals surface area contributed by atoms with Gasteiger partial charge in [0.25, 0.3) is 0 Å². The molecule has 122 valence electrons. The van der Waals surface area contributed by atoms with E-state index >= 15 is 0 Å². The molecule has 0 spiro atoms. The molecule has 6 nitrogen and oxygen atoms in total. The number of amides is 2. The molecular formula is C16H24N2O4. The number of hydrogen-bond acceptors (Lipinski definition) is 4.